The van der Waals surface area contributed by atoms with Crippen molar-refractivity contribution in [3.63, 3.8) is 0 Å². The van der Waals surface area contributed by atoms with Gasteiger partial charge in [-0.25, -0.2) is 4.79 Å². The molecule has 28 heavy (non-hydrogen) atoms. The molecule has 1 atom stereocenters. The molecule has 4 fully saturated rings. The average Bonchev–Trinajstić information content (AvgIpc) is 2.99. The summed E-state index contributed by atoms with van der Waals surface area (Å²) in [6.45, 7) is 4.64. The number of carbonyl (C=O) groups is 2. The topological polar surface area (TPSA) is 73.3 Å². The molecule has 0 aromatic heterocycles. The minimum Gasteiger partial charge on any atom is -0.468 e. The second kappa shape index (κ2) is 8.19. The van der Waals surface area contributed by atoms with Gasteiger partial charge < -0.3 is 19.6 Å². The van der Waals surface area contributed by atoms with Gasteiger partial charge in [0.25, 0.3) is 0 Å². The van der Waals surface area contributed by atoms with E-state index >= 15 is 0 Å². The first kappa shape index (κ1) is 20.0. The van der Waals surface area contributed by atoms with Gasteiger partial charge in [0.1, 0.15) is 6.04 Å². The van der Waals surface area contributed by atoms with E-state index in [1.165, 1.54) is 20.0 Å². The molecule has 0 radical (unpaired) electrons. The normalized spacial score (nSPS) is 35.5. The van der Waals surface area contributed by atoms with E-state index in [4.69, 9.17) is 4.74 Å². The predicted molar refractivity (Wildman–Crippen MR) is 105 cm³/mol. The zero-order valence-corrected chi connectivity index (χ0v) is 17.1. The quantitative estimate of drug-likeness (QED) is 0.743. The summed E-state index contributed by atoms with van der Waals surface area (Å²) in [6.07, 6.45) is 9.24. The third-order valence-electron chi connectivity index (χ3n) is 7.80. The highest BCUT2D eigenvalue weighted by Gasteiger charge is 2.51. The summed E-state index contributed by atoms with van der Waals surface area (Å²) in [4.78, 5) is 30.2. The molecular formula is C21H35N3O4. The Labute approximate surface area is 168 Å². The number of esters is 1. The molecule has 7 heteroatoms. The lowest BCUT2D eigenvalue weighted by Gasteiger charge is -2.52. The molecule has 3 heterocycles. The smallest absolute Gasteiger partial charge is 0.407 e. The number of carbonyl (C=O) groups excluding carboxylic acids is 1. The Morgan fingerprint density at radius 2 is 1.71 bits per heavy atom. The van der Waals surface area contributed by atoms with Gasteiger partial charge in [-0.3, -0.25) is 9.69 Å². The van der Waals surface area contributed by atoms with Crippen LogP contribution in [0.4, 0.5) is 4.79 Å². The van der Waals surface area contributed by atoms with Crippen molar-refractivity contribution >= 4 is 12.1 Å². The maximum atomic E-state index is 12.3. The molecule has 0 bridgehead atoms. The summed E-state index contributed by atoms with van der Waals surface area (Å²) < 4.78 is 5.09. The molecule has 7 nitrogen and oxygen atoms in total. The predicted octanol–water partition coefficient (Wildman–Crippen LogP) is 2.40. The summed E-state index contributed by atoms with van der Waals surface area (Å²) >= 11 is 0. The zero-order chi connectivity index (χ0) is 19.7. The van der Waals surface area contributed by atoms with E-state index in [0.29, 0.717) is 18.6 Å². The molecule has 158 valence electrons. The minimum atomic E-state index is -0.765. The van der Waals surface area contributed by atoms with Crippen LogP contribution in [-0.4, -0.2) is 89.8 Å². The third-order valence-corrected chi connectivity index (χ3v) is 7.80. The second-order valence-electron chi connectivity index (χ2n) is 9.41. The standard InChI is InChI=1S/C21H35N3O4/c1-28-19(25)18-5-3-2-4-9-24(18)16-6-10-22(11-7-16)17-13-21(14-17)8-12-23(15-21)20(26)27/h16-18H,2-15H2,1H3,(H,26,27). The van der Waals surface area contributed by atoms with Gasteiger partial charge in [0.05, 0.1) is 7.11 Å². The number of amides is 1. The lowest BCUT2D eigenvalue weighted by molar-refractivity contribution is -0.148. The van der Waals surface area contributed by atoms with E-state index in [9.17, 15) is 14.7 Å². The van der Waals surface area contributed by atoms with Gasteiger partial charge in [0.2, 0.25) is 0 Å². The summed E-state index contributed by atoms with van der Waals surface area (Å²) in [5.41, 5.74) is 0.251. The van der Waals surface area contributed by atoms with E-state index in [1.54, 1.807) is 4.90 Å². The van der Waals surface area contributed by atoms with Crippen molar-refractivity contribution in [3.8, 4) is 0 Å². The summed E-state index contributed by atoms with van der Waals surface area (Å²) in [7, 11) is 1.51. The average molecular weight is 394 g/mol. The van der Waals surface area contributed by atoms with Gasteiger partial charge >= 0.3 is 12.1 Å². The van der Waals surface area contributed by atoms with Crippen LogP contribution >= 0.6 is 0 Å². The largest absolute Gasteiger partial charge is 0.468 e. The van der Waals surface area contributed by atoms with Crippen molar-refractivity contribution in [1.82, 2.24) is 14.7 Å². The van der Waals surface area contributed by atoms with Gasteiger partial charge in [-0.15, -0.1) is 0 Å². The summed E-state index contributed by atoms with van der Waals surface area (Å²) in [6, 6.07) is 1.05. The molecule has 0 aromatic rings. The first-order chi connectivity index (χ1) is 13.5. The number of hydrogen-bond donors (Lipinski definition) is 1. The number of nitrogens with zero attached hydrogens (tertiary/aromatic N) is 3. The van der Waals surface area contributed by atoms with Gasteiger partial charge in [-0.2, -0.15) is 0 Å². The maximum absolute atomic E-state index is 12.3. The lowest BCUT2D eigenvalue weighted by Crippen LogP contribution is -2.57. The van der Waals surface area contributed by atoms with Crippen molar-refractivity contribution in [1.29, 1.82) is 0 Å². The molecule has 3 saturated heterocycles. The minimum absolute atomic E-state index is 0.0588. The van der Waals surface area contributed by atoms with Gasteiger partial charge in [0.15, 0.2) is 0 Å². The van der Waals surface area contributed by atoms with E-state index < -0.39 is 6.09 Å². The van der Waals surface area contributed by atoms with Crippen LogP contribution in [0.1, 0.15) is 57.8 Å². The van der Waals surface area contributed by atoms with Gasteiger partial charge in [0, 0.05) is 25.2 Å². The Kier molecular flexibility index (Phi) is 5.83. The molecule has 4 aliphatic rings. The Balaban J connectivity index is 1.28. The van der Waals surface area contributed by atoms with Crippen molar-refractivity contribution in [3.05, 3.63) is 0 Å². The van der Waals surface area contributed by atoms with Crippen LogP contribution in [0.15, 0.2) is 0 Å². The molecular weight excluding hydrogens is 358 g/mol. The second-order valence-corrected chi connectivity index (χ2v) is 9.41. The Bertz CT molecular complexity index is 584. The highest BCUT2D eigenvalue weighted by atomic mass is 16.5. The van der Waals surface area contributed by atoms with Crippen molar-refractivity contribution < 1.29 is 19.4 Å². The Hall–Kier alpha value is -1.34. The number of hydrogen-bond acceptors (Lipinski definition) is 5. The van der Waals surface area contributed by atoms with Crippen LogP contribution in [0.5, 0.6) is 0 Å². The van der Waals surface area contributed by atoms with E-state index in [1.807, 2.05) is 0 Å². The van der Waals surface area contributed by atoms with Crippen molar-refractivity contribution in [2.45, 2.75) is 75.9 Å². The van der Waals surface area contributed by atoms with Crippen LogP contribution in [0.25, 0.3) is 0 Å². The SMILES string of the molecule is COC(=O)C1CCCCCN1C1CCN(C2CC3(CCN(C(=O)O)C3)C2)CC1. The molecule has 1 spiro atoms. The molecule has 1 saturated carbocycles. The number of piperidine rings is 1. The zero-order valence-electron chi connectivity index (χ0n) is 17.1. The van der Waals surface area contributed by atoms with E-state index in [-0.39, 0.29) is 17.4 Å². The van der Waals surface area contributed by atoms with Crippen LogP contribution in [0, 0.1) is 5.41 Å². The van der Waals surface area contributed by atoms with Crippen LogP contribution < -0.4 is 0 Å². The number of carboxylic acid groups (broad SMARTS) is 1. The molecule has 3 aliphatic heterocycles. The molecule has 1 amide bonds. The highest BCUT2D eigenvalue weighted by molar-refractivity contribution is 5.75. The van der Waals surface area contributed by atoms with E-state index in [0.717, 1.165) is 71.1 Å². The summed E-state index contributed by atoms with van der Waals surface area (Å²) in [5, 5.41) is 9.21. The monoisotopic (exact) mass is 393 g/mol. The van der Waals surface area contributed by atoms with Crippen molar-refractivity contribution in [2.24, 2.45) is 5.41 Å². The van der Waals surface area contributed by atoms with Gasteiger partial charge in [-0.1, -0.05) is 12.8 Å². The fraction of sp³-hybridized carbons (Fsp3) is 0.905. The van der Waals surface area contributed by atoms with Crippen molar-refractivity contribution in [2.75, 3.05) is 39.8 Å². The first-order valence-corrected chi connectivity index (χ1v) is 11.1. The van der Waals surface area contributed by atoms with Gasteiger partial charge in [-0.05, 0) is 70.0 Å². The van der Waals surface area contributed by atoms with E-state index in [2.05, 4.69) is 9.80 Å². The maximum Gasteiger partial charge on any atom is 0.407 e. The van der Waals surface area contributed by atoms with Crippen LogP contribution in [-0.2, 0) is 9.53 Å². The highest BCUT2D eigenvalue weighted by Crippen LogP contribution is 2.50. The van der Waals surface area contributed by atoms with Crippen LogP contribution in [0.3, 0.4) is 0 Å². The molecule has 1 N–H and O–H groups in total. The Morgan fingerprint density at radius 3 is 2.36 bits per heavy atom. The molecule has 1 aliphatic carbocycles. The van der Waals surface area contributed by atoms with Crippen LogP contribution in [0.2, 0.25) is 0 Å². The first-order valence-electron chi connectivity index (χ1n) is 11.1. The molecule has 0 aromatic carbocycles. The fourth-order valence-corrected chi connectivity index (χ4v) is 6.17. The number of likely N-dealkylation sites (tertiary alicyclic amines) is 3. The molecule has 1 unspecified atom stereocenters. The fourth-order valence-electron chi connectivity index (χ4n) is 6.17. The lowest BCUT2D eigenvalue weighted by atomic mass is 9.64. The number of methoxy groups -OCH3 is 1. The Morgan fingerprint density at radius 1 is 0.964 bits per heavy atom. The number of rotatable bonds is 3. The number of ether oxygens (including phenoxy) is 1. The third kappa shape index (κ3) is 3.88. The molecule has 4 rings (SSSR count). The summed E-state index contributed by atoms with van der Waals surface area (Å²) in [5.74, 6) is -0.0607.